The molecule has 2 aromatic rings. The number of benzene rings is 1. The molecule has 1 heterocycles. The topological polar surface area (TPSA) is 22.1 Å². The van der Waals surface area contributed by atoms with Crippen LogP contribution in [0.5, 0.6) is 5.75 Å². The van der Waals surface area contributed by atoms with Crippen molar-refractivity contribution in [3.8, 4) is 5.75 Å². The fourth-order valence-electron chi connectivity index (χ4n) is 1.94. The minimum atomic E-state index is -4.96. The Bertz CT molecular complexity index is 572. The van der Waals surface area contributed by atoms with Crippen molar-refractivity contribution in [2.24, 2.45) is 0 Å². The number of halogens is 3. The van der Waals surface area contributed by atoms with Crippen LogP contribution in [0, 0.1) is 6.92 Å². The zero-order valence-electron chi connectivity index (χ0n) is 11.0. The summed E-state index contributed by atoms with van der Waals surface area (Å²) in [5.74, 6) is 0.454. The maximum absolute atomic E-state index is 12.7. The molecule has 2 nitrogen and oxygen atoms in total. The third-order valence-corrected chi connectivity index (χ3v) is 2.98. The third kappa shape index (κ3) is 3.76. The second-order valence-corrected chi connectivity index (χ2v) is 4.55. The number of pyridine rings is 1. The number of nitrogens with zero attached hydrogens (tertiary/aromatic N) is 1. The molecule has 1 aromatic heterocycles. The first-order valence-corrected chi connectivity index (χ1v) is 6.29. The van der Waals surface area contributed by atoms with Crippen LogP contribution in [0.2, 0.25) is 0 Å². The number of hydrogen-bond donors (Lipinski definition) is 0. The second-order valence-electron chi connectivity index (χ2n) is 4.55. The van der Waals surface area contributed by atoms with Crippen molar-refractivity contribution >= 4 is 12.4 Å². The Morgan fingerprint density at radius 2 is 2.00 bits per heavy atom. The van der Waals surface area contributed by atoms with Gasteiger partial charge in [0.1, 0.15) is 5.75 Å². The third-order valence-electron chi connectivity index (χ3n) is 2.98. The van der Waals surface area contributed by atoms with E-state index in [0.717, 1.165) is 11.6 Å². The van der Waals surface area contributed by atoms with Crippen molar-refractivity contribution in [3.63, 3.8) is 0 Å². The zero-order chi connectivity index (χ0) is 14.6. The van der Waals surface area contributed by atoms with E-state index in [1.54, 1.807) is 12.4 Å². The molecule has 0 amide bonds. The van der Waals surface area contributed by atoms with Crippen LogP contribution in [0.3, 0.4) is 0 Å². The van der Waals surface area contributed by atoms with Crippen LogP contribution in [0.1, 0.15) is 11.1 Å². The lowest BCUT2D eigenvalue weighted by molar-refractivity contribution is 0.321. The highest BCUT2D eigenvalue weighted by molar-refractivity contribution is 6.74. The van der Waals surface area contributed by atoms with Crippen LogP contribution >= 0.6 is 0 Å². The Kier molecular flexibility index (Phi) is 4.32. The predicted molar refractivity (Wildman–Crippen MR) is 73.3 cm³/mol. The average Bonchev–Trinajstić information content (AvgIpc) is 2.38. The molecule has 1 aromatic carbocycles. The van der Waals surface area contributed by atoms with Crippen LogP contribution in [0.15, 0.2) is 42.7 Å². The van der Waals surface area contributed by atoms with Crippen LogP contribution in [0.25, 0.3) is 0 Å². The molecule has 0 radical (unpaired) electrons. The van der Waals surface area contributed by atoms with E-state index in [9.17, 15) is 12.9 Å². The zero-order valence-corrected chi connectivity index (χ0v) is 11.0. The Balaban J connectivity index is 1.96. The molecular formula is C14H14BF3NO-. The fraction of sp³-hybridized carbons (Fsp3) is 0.214. The normalized spacial score (nSPS) is 11.4. The minimum absolute atomic E-state index is 0.191. The summed E-state index contributed by atoms with van der Waals surface area (Å²) >= 11 is 0. The molecule has 0 N–H and O–H groups in total. The Morgan fingerprint density at radius 3 is 2.60 bits per heavy atom. The van der Waals surface area contributed by atoms with E-state index in [1.165, 1.54) is 19.1 Å². The molecule has 0 unspecified atom stereocenters. The van der Waals surface area contributed by atoms with Gasteiger partial charge in [-0.3, -0.25) is 4.98 Å². The molecule has 0 aliphatic heterocycles. The first-order valence-electron chi connectivity index (χ1n) is 6.29. The molecule has 0 saturated carbocycles. The van der Waals surface area contributed by atoms with Crippen LogP contribution in [0.4, 0.5) is 12.9 Å². The molecule has 0 bridgehead atoms. The maximum atomic E-state index is 12.7. The van der Waals surface area contributed by atoms with E-state index in [4.69, 9.17) is 4.74 Å². The lowest BCUT2D eigenvalue weighted by atomic mass is 9.77. The van der Waals surface area contributed by atoms with Gasteiger partial charge in [0.15, 0.2) is 0 Å². The molecule has 0 atom stereocenters. The molecule has 0 saturated heterocycles. The highest BCUT2D eigenvalue weighted by Crippen LogP contribution is 2.17. The van der Waals surface area contributed by atoms with Crippen LogP contribution in [-0.2, 0) is 6.42 Å². The van der Waals surface area contributed by atoms with E-state index in [1.807, 2.05) is 12.1 Å². The summed E-state index contributed by atoms with van der Waals surface area (Å²) in [6.45, 7) is -3.12. The lowest BCUT2D eigenvalue weighted by Crippen LogP contribution is -2.35. The van der Waals surface area contributed by atoms with Gasteiger partial charge in [0, 0.05) is 18.8 Å². The van der Waals surface area contributed by atoms with Crippen LogP contribution in [-0.4, -0.2) is 18.6 Å². The molecular weight excluding hydrogens is 266 g/mol. The predicted octanol–water partition coefficient (Wildman–Crippen LogP) is 3.07. The monoisotopic (exact) mass is 280 g/mol. The number of aromatic nitrogens is 1. The van der Waals surface area contributed by atoms with Gasteiger partial charge in [-0.15, -0.1) is 5.46 Å². The summed E-state index contributed by atoms with van der Waals surface area (Å²) in [6.07, 6.45) is 4.09. The van der Waals surface area contributed by atoms with Crippen LogP contribution < -0.4 is 10.2 Å². The highest BCUT2D eigenvalue weighted by atomic mass is 19.4. The summed E-state index contributed by atoms with van der Waals surface area (Å²) in [5.41, 5.74) is 0.653. The average molecular weight is 280 g/mol. The van der Waals surface area contributed by atoms with Gasteiger partial charge in [0.2, 0.25) is 0 Å². The lowest BCUT2D eigenvalue weighted by Gasteiger charge is -2.18. The van der Waals surface area contributed by atoms with E-state index in [-0.39, 0.29) is 5.56 Å². The van der Waals surface area contributed by atoms with Gasteiger partial charge in [-0.1, -0.05) is 17.7 Å². The summed E-state index contributed by atoms with van der Waals surface area (Å²) in [7, 11) is 0. The number of rotatable bonds is 5. The minimum Gasteiger partial charge on any atom is -0.493 e. The summed E-state index contributed by atoms with van der Waals surface area (Å²) in [6, 6.07) is 7.62. The van der Waals surface area contributed by atoms with Crippen molar-refractivity contribution in [1.29, 1.82) is 0 Å². The van der Waals surface area contributed by atoms with Gasteiger partial charge >= 0.3 is 6.98 Å². The number of ether oxygens (including phenoxy) is 1. The Hall–Kier alpha value is -1.98. The quantitative estimate of drug-likeness (QED) is 0.785. The molecule has 0 spiro atoms. The SMILES string of the molecule is Cc1cc(OCCc2cccnc2)ccc1[B-](F)(F)F. The molecule has 6 heteroatoms. The molecule has 0 aliphatic carbocycles. The second kappa shape index (κ2) is 5.99. The molecule has 0 aliphatic rings. The first-order chi connectivity index (χ1) is 9.47. The number of hydrogen-bond acceptors (Lipinski definition) is 2. The summed E-state index contributed by atoms with van der Waals surface area (Å²) < 4.78 is 43.5. The Morgan fingerprint density at radius 1 is 1.20 bits per heavy atom. The van der Waals surface area contributed by atoms with Gasteiger partial charge < -0.3 is 17.7 Å². The first kappa shape index (κ1) is 14.4. The van der Waals surface area contributed by atoms with E-state index in [2.05, 4.69) is 4.98 Å². The summed E-state index contributed by atoms with van der Waals surface area (Å²) in [5, 5.41) is 0. The van der Waals surface area contributed by atoms with E-state index < -0.39 is 12.4 Å². The summed E-state index contributed by atoms with van der Waals surface area (Å²) in [4.78, 5) is 3.98. The highest BCUT2D eigenvalue weighted by Gasteiger charge is 2.27. The number of aryl methyl sites for hydroxylation is 1. The molecule has 20 heavy (non-hydrogen) atoms. The van der Waals surface area contributed by atoms with Crippen molar-refractivity contribution in [2.75, 3.05) is 6.61 Å². The van der Waals surface area contributed by atoms with Crippen molar-refractivity contribution < 1.29 is 17.7 Å². The van der Waals surface area contributed by atoms with Gasteiger partial charge in [0.25, 0.3) is 0 Å². The Labute approximate surface area is 115 Å². The van der Waals surface area contributed by atoms with Gasteiger partial charge in [-0.05, 0) is 30.7 Å². The van der Waals surface area contributed by atoms with Gasteiger partial charge in [-0.2, -0.15) is 0 Å². The van der Waals surface area contributed by atoms with Crippen molar-refractivity contribution in [2.45, 2.75) is 13.3 Å². The maximum Gasteiger partial charge on any atom is 0.509 e. The van der Waals surface area contributed by atoms with Gasteiger partial charge in [-0.25, -0.2) is 0 Å². The largest absolute Gasteiger partial charge is 0.509 e. The molecule has 106 valence electrons. The van der Waals surface area contributed by atoms with E-state index in [0.29, 0.717) is 18.8 Å². The molecule has 0 fully saturated rings. The molecule has 2 rings (SSSR count). The fourth-order valence-corrected chi connectivity index (χ4v) is 1.94. The van der Waals surface area contributed by atoms with Crippen molar-refractivity contribution in [3.05, 3.63) is 53.9 Å². The standard InChI is InChI=1S/C14H14BF3NO/c1-11-9-13(4-5-14(11)15(16,17)18)20-8-6-12-3-2-7-19-10-12/h2-5,7,9-10H,6,8H2,1H3/q-1. The smallest absolute Gasteiger partial charge is 0.493 e. The van der Waals surface area contributed by atoms with Gasteiger partial charge in [0.05, 0.1) is 6.61 Å². The van der Waals surface area contributed by atoms with E-state index >= 15 is 0 Å². The van der Waals surface area contributed by atoms with Crippen molar-refractivity contribution in [1.82, 2.24) is 4.98 Å².